The summed E-state index contributed by atoms with van der Waals surface area (Å²) in [7, 11) is 0. The van der Waals surface area contributed by atoms with Crippen LogP contribution in [-0.4, -0.2) is 29.9 Å². The molecule has 0 bridgehead atoms. The summed E-state index contributed by atoms with van der Waals surface area (Å²) in [4.78, 5) is 25.3. The van der Waals surface area contributed by atoms with Gasteiger partial charge < -0.3 is 4.74 Å². The van der Waals surface area contributed by atoms with Gasteiger partial charge in [-0.1, -0.05) is 24.3 Å². The van der Waals surface area contributed by atoms with Crippen molar-refractivity contribution in [3.63, 3.8) is 0 Å². The van der Waals surface area contributed by atoms with E-state index >= 15 is 0 Å². The largest absolute Gasteiger partial charge is 0.491 e. The molecule has 0 spiro atoms. The standard InChI is InChI=1S/C17H12F3NO3/c18-17(19,20)13-7-3-4-8-14(13)24-10-9-21-15(22)11-5-1-2-6-12(11)16(21)23/h1-8H,9-10H2. The SMILES string of the molecule is O=C1c2ccccc2C(=O)N1CCOc1ccccc1C(F)(F)F. The lowest BCUT2D eigenvalue weighted by atomic mass is 10.1. The normalized spacial score (nSPS) is 14.0. The molecular formula is C17H12F3NO3. The predicted octanol–water partition coefficient (Wildman–Crippen LogP) is 3.38. The molecule has 7 heteroatoms. The van der Waals surface area contributed by atoms with Crippen LogP contribution in [0.5, 0.6) is 5.75 Å². The maximum Gasteiger partial charge on any atom is 0.419 e. The Labute approximate surface area is 135 Å². The third-order valence-corrected chi connectivity index (χ3v) is 3.64. The van der Waals surface area contributed by atoms with Crippen molar-refractivity contribution in [3.05, 3.63) is 65.2 Å². The molecule has 1 heterocycles. The minimum Gasteiger partial charge on any atom is -0.491 e. The van der Waals surface area contributed by atoms with Crippen molar-refractivity contribution in [1.29, 1.82) is 0 Å². The Morgan fingerprint density at radius 1 is 0.875 bits per heavy atom. The first-order chi connectivity index (χ1) is 11.4. The van der Waals surface area contributed by atoms with Crippen molar-refractivity contribution in [1.82, 2.24) is 4.90 Å². The van der Waals surface area contributed by atoms with Crippen molar-refractivity contribution in [2.45, 2.75) is 6.18 Å². The molecule has 2 aromatic carbocycles. The van der Waals surface area contributed by atoms with E-state index in [4.69, 9.17) is 4.74 Å². The van der Waals surface area contributed by atoms with E-state index in [9.17, 15) is 22.8 Å². The molecule has 1 aliphatic heterocycles. The van der Waals surface area contributed by atoms with Crippen LogP contribution in [-0.2, 0) is 6.18 Å². The highest BCUT2D eigenvalue weighted by atomic mass is 19.4. The van der Waals surface area contributed by atoms with Crippen LogP contribution in [0.4, 0.5) is 13.2 Å². The topological polar surface area (TPSA) is 46.6 Å². The van der Waals surface area contributed by atoms with Crippen molar-refractivity contribution in [2.75, 3.05) is 13.2 Å². The number of hydrogen-bond donors (Lipinski definition) is 0. The Kier molecular flexibility index (Phi) is 4.01. The van der Waals surface area contributed by atoms with Crippen molar-refractivity contribution >= 4 is 11.8 Å². The van der Waals surface area contributed by atoms with E-state index in [2.05, 4.69) is 0 Å². The van der Waals surface area contributed by atoms with Gasteiger partial charge in [-0.3, -0.25) is 14.5 Å². The summed E-state index contributed by atoms with van der Waals surface area (Å²) in [5, 5.41) is 0. The molecule has 0 saturated carbocycles. The molecule has 3 rings (SSSR count). The fourth-order valence-corrected chi connectivity index (χ4v) is 2.52. The molecule has 0 aliphatic carbocycles. The molecule has 4 nitrogen and oxygen atoms in total. The fourth-order valence-electron chi connectivity index (χ4n) is 2.52. The number of amides is 2. The van der Waals surface area contributed by atoms with Gasteiger partial charge in [0, 0.05) is 0 Å². The zero-order valence-electron chi connectivity index (χ0n) is 12.3. The predicted molar refractivity (Wildman–Crippen MR) is 78.7 cm³/mol. The van der Waals surface area contributed by atoms with Crippen LogP contribution in [0.25, 0.3) is 0 Å². The molecule has 0 fully saturated rings. The lowest BCUT2D eigenvalue weighted by Gasteiger charge is -2.17. The number of carbonyl (C=O) groups excluding carboxylic acids is 2. The van der Waals surface area contributed by atoms with Crippen LogP contribution >= 0.6 is 0 Å². The average Bonchev–Trinajstić information content (AvgIpc) is 2.80. The molecule has 0 saturated heterocycles. The van der Waals surface area contributed by atoms with E-state index in [0.717, 1.165) is 11.0 Å². The number of alkyl halides is 3. The lowest BCUT2D eigenvalue weighted by Crippen LogP contribution is -2.33. The van der Waals surface area contributed by atoms with Gasteiger partial charge in [0.25, 0.3) is 11.8 Å². The molecule has 2 aromatic rings. The Hall–Kier alpha value is -2.83. The van der Waals surface area contributed by atoms with Gasteiger partial charge in [-0.2, -0.15) is 13.2 Å². The maximum absolute atomic E-state index is 12.9. The number of rotatable bonds is 4. The van der Waals surface area contributed by atoms with Gasteiger partial charge in [-0.05, 0) is 24.3 Å². The summed E-state index contributed by atoms with van der Waals surface area (Å²) in [6.45, 7) is -0.350. The molecule has 0 aromatic heterocycles. The minimum atomic E-state index is -4.54. The summed E-state index contributed by atoms with van der Waals surface area (Å²) in [5.41, 5.74) is -0.316. The zero-order chi connectivity index (χ0) is 17.3. The zero-order valence-corrected chi connectivity index (χ0v) is 12.3. The third kappa shape index (κ3) is 2.84. The summed E-state index contributed by atoms with van der Waals surface area (Å²) in [5.74, 6) is -1.27. The number of hydrogen-bond acceptors (Lipinski definition) is 3. The average molecular weight is 335 g/mol. The number of halogens is 3. The number of para-hydroxylation sites is 1. The van der Waals surface area contributed by atoms with Crippen LogP contribution in [0.15, 0.2) is 48.5 Å². The van der Waals surface area contributed by atoms with Crippen LogP contribution in [0.3, 0.4) is 0 Å². The van der Waals surface area contributed by atoms with E-state index in [0.29, 0.717) is 0 Å². The van der Waals surface area contributed by atoms with Gasteiger partial charge >= 0.3 is 6.18 Å². The lowest BCUT2D eigenvalue weighted by molar-refractivity contribution is -0.139. The van der Waals surface area contributed by atoms with Gasteiger partial charge in [0.1, 0.15) is 12.4 Å². The van der Waals surface area contributed by atoms with Crippen molar-refractivity contribution in [3.8, 4) is 5.75 Å². The Morgan fingerprint density at radius 2 is 1.42 bits per heavy atom. The van der Waals surface area contributed by atoms with E-state index in [1.807, 2.05) is 0 Å². The fraction of sp³-hybridized carbons (Fsp3) is 0.176. The molecule has 0 radical (unpaired) electrons. The Bertz CT molecular complexity index is 767. The number of fused-ring (bicyclic) bond motifs is 1. The van der Waals surface area contributed by atoms with Gasteiger partial charge in [0.05, 0.1) is 23.2 Å². The highest BCUT2D eigenvalue weighted by molar-refractivity contribution is 6.21. The van der Waals surface area contributed by atoms with Crippen molar-refractivity contribution < 1.29 is 27.5 Å². The first-order valence-corrected chi connectivity index (χ1v) is 7.14. The maximum atomic E-state index is 12.9. The van der Waals surface area contributed by atoms with Gasteiger partial charge in [-0.15, -0.1) is 0 Å². The van der Waals surface area contributed by atoms with Crippen LogP contribution in [0.2, 0.25) is 0 Å². The molecule has 124 valence electrons. The molecule has 24 heavy (non-hydrogen) atoms. The summed E-state index contributed by atoms with van der Waals surface area (Å²) >= 11 is 0. The van der Waals surface area contributed by atoms with Crippen molar-refractivity contribution in [2.24, 2.45) is 0 Å². The first-order valence-electron chi connectivity index (χ1n) is 7.14. The summed E-state index contributed by atoms with van der Waals surface area (Å²) in [6.07, 6.45) is -4.54. The second-order valence-corrected chi connectivity index (χ2v) is 5.15. The van der Waals surface area contributed by atoms with Crippen LogP contribution in [0, 0.1) is 0 Å². The molecule has 0 N–H and O–H groups in total. The third-order valence-electron chi connectivity index (χ3n) is 3.64. The molecule has 1 aliphatic rings. The van der Waals surface area contributed by atoms with E-state index in [1.165, 1.54) is 30.3 Å². The first kappa shape index (κ1) is 16.0. The van der Waals surface area contributed by atoms with Crippen LogP contribution < -0.4 is 4.74 Å². The minimum absolute atomic E-state index is 0.126. The van der Waals surface area contributed by atoms with Gasteiger partial charge in [0.15, 0.2) is 0 Å². The Balaban J connectivity index is 1.69. The Morgan fingerprint density at radius 3 is 2.00 bits per heavy atom. The summed E-state index contributed by atoms with van der Waals surface area (Å²) < 4.78 is 43.8. The molecule has 0 atom stereocenters. The monoisotopic (exact) mass is 335 g/mol. The highest BCUT2D eigenvalue weighted by Crippen LogP contribution is 2.35. The van der Waals surface area contributed by atoms with E-state index in [-0.39, 0.29) is 30.0 Å². The summed E-state index contributed by atoms with van der Waals surface area (Å²) in [6, 6.07) is 11.2. The molecule has 2 amide bonds. The van der Waals surface area contributed by atoms with E-state index < -0.39 is 23.6 Å². The number of ether oxygens (including phenoxy) is 1. The molecule has 0 unspecified atom stereocenters. The molecular weight excluding hydrogens is 323 g/mol. The van der Waals surface area contributed by atoms with Crippen LogP contribution in [0.1, 0.15) is 26.3 Å². The second kappa shape index (κ2) is 5.99. The van der Waals surface area contributed by atoms with Gasteiger partial charge in [0.2, 0.25) is 0 Å². The number of nitrogens with zero attached hydrogens (tertiary/aromatic N) is 1. The smallest absolute Gasteiger partial charge is 0.419 e. The quantitative estimate of drug-likeness (QED) is 0.805. The number of imide groups is 1. The second-order valence-electron chi connectivity index (χ2n) is 5.15. The number of carbonyl (C=O) groups is 2. The van der Waals surface area contributed by atoms with E-state index in [1.54, 1.807) is 12.1 Å². The van der Waals surface area contributed by atoms with Gasteiger partial charge in [-0.25, -0.2) is 0 Å². The number of benzene rings is 2. The highest BCUT2D eigenvalue weighted by Gasteiger charge is 2.36.